The van der Waals surface area contributed by atoms with E-state index in [0.717, 1.165) is 10.6 Å². The molecule has 0 spiro atoms. The van der Waals surface area contributed by atoms with Crippen LogP contribution in [0.3, 0.4) is 0 Å². The van der Waals surface area contributed by atoms with E-state index in [4.69, 9.17) is 4.52 Å². The highest BCUT2D eigenvalue weighted by Crippen LogP contribution is 2.45. The first-order valence-corrected chi connectivity index (χ1v) is 8.40. The number of hydrogen-bond acceptors (Lipinski definition) is 2. The summed E-state index contributed by atoms with van der Waals surface area (Å²) < 4.78 is 19.4. The van der Waals surface area contributed by atoms with Crippen molar-refractivity contribution in [3.63, 3.8) is 0 Å². The van der Waals surface area contributed by atoms with Crippen LogP contribution in [-0.4, -0.2) is 6.61 Å². The van der Waals surface area contributed by atoms with E-state index in [-0.39, 0.29) is 5.41 Å². The van der Waals surface area contributed by atoms with Gasteiger partial charge in [-0.2, -0.15) is 0 Å². The Morgan fingerprint density at radius 2 is 1.25 bits per heavy atom. The summed E-state index contributed by atoms with van der Waals surface area (Å²) in [6.45, 7) is 6.68. The average molecular weight is 288 g/mol. The molecule has 2 aromatic carbocycles. The van der Waals surface area contributed by atoms with Crippen molar-refractivity contribution < 1.29 is 9.09 Å². The van der Waals surface area contributed by atoms with Gasteiger partial charge in [0.1, 0.15) is 0 Å². The SMILES string of the molecule is CC(C)(C)COP(=O)(c1ccccc1)c1ccccc1. The summed E-state index contributed by atoms with van der Waals surface area (Å²) >= 11 is 0. The maximum atomic E-state index is 13.4. The molecule has 0 atom stereocenters. The van der Waals surface area contributed by atoms with Gasteiger partial charge in [-0.3, -0.25) is 4.57 Å². The third-order valence-corrected chi connectivity index (χ3v) is 5.32. The molecule has 3 heteroatoms. The Hall–Kier alpha value is -1.37. The molecule has 0 N–H and O–H groups in total. The molecule has 106 valence electrons. The highest BCUT2D eigenvalue weighted by molar-refractivity contribution is 7.74. The molecule has 2 aromatic rings. The van der Waals surface area contributed by atoms with Gasteiger partial charge >= 0.3 is 0 Å². The molecule has 0 aromatic heterocycles. The molecule has 0 fully saturated rings. The monoisotopic (exact) mass is 288 g/mol. The molecule has 0 radical (unpaired) electrons. The molecule has 0 amide bonds. The molecule has 2 nitrogen and oxygen atoms in total. The van der Waals surface area contributed by atoms with E-state index in [2.05, 4.69) is 20.8 Å². The van der Waals surface area contributed by atoms with Gasteiger partial charge in [0.15, 0.2) is 0 Å². The van der Waals surface area contributed by atoms with Crippen molar-refractivity contribution >= 4 is 18.0 Å². The van der Waals surface area contributed by atoms with Crippen LogP contribution in [-0.2, 0) is 9.09 Å². The number of hydrogen-bond donors (Lipinski definition) is 0. The van der Waals surface area contributed by atoms with Crippen molar-refractivity contribution in [1.29, 1.82) is 0 Å². The first kappa shape index (κ1) is 15.0. The van der Waals surface area contributed by atoms with Crippen molar-refractivity contribution in [1.82, 2.24) is 0 Å². The minimum absolute atomic E-state index is 0.0286. The maximum absolute atomic E-state index is 13.4. The zero-order valence-electron chi connectivity index (χ0n) is 12.2. The second-order valence-corrected chi connectivity index (χ2v) is 8.45. The molecule has 2 rings (SSSR count). The Bertz CT molecular complexity index is 542. The Morgan fingerprint density at radius 1 is 0.850 bits per heavy atom. The van der Waals surface area contributed by atoms with Crippen molar-refractivity contribution in [3.05, 3.63) is 60.7 Å². The largest absolute Gasteiger partial charge is 0.322 e. The summed E-state index contributed by atoms with van der Waals surface area (Å²) in [5.74, 6) is 0. The Balaban J connectivity index is 2.42. The van der Waals surface area contributed by atoms with Crippen molar-refractivity contribution in [2.45, 2.75) is 20.8 Å². The molecule has 0 aliphatic rings. The molecule has 0 saturated heterocycles. The Morgan fingerprint density at radius 3 is 1.60 bits per heavy atom. The second kappa shape index (κ2) is 5.95. The lowest BCUT2D eigenvalue weighted by Crippen LogP contribution is -2.22. The van der Waals surface area contributed by atoms with Gasteiger partial charge < -0.3 is 4.52 Å². The summed E-state index contributed by atoms with van der Waals surface area (Å²) in [5.41, 5.74) is -0.0286. The van der Waals surface area contributed by atoms with Crippen LogP contribution in [0.25, 0.3) is 0 Å². The number of rotatable bonds is 4. The lowest BCUT2D eigenvalue weighted by molar-refractivity contribution is 0.206. The van der Waals surface area contributed by atoms with E-state index in [1.165, 1.54) is 0 Å². The smallest absolute Gasteiger partial charge is 0.261 e. The molecule has 0 heterocycles. The molecule has 0 saturated carbocycles. The summed E-state index contributed by atoms with van der Waals surface area (Å²) in [5, 5.41) is 1.49. The van der Waals surface area contributed by atoms with Gasteiger partial charge in [-0.05, 0) is 29.7 Å². The second-order valence-electron chi connectivity index (χ2n) is 6.06. The fourth-order valence-electron chi connectivity index (χ4n) is 1.83. The maximum Gasteiger partial charge on any atom is 0.261 e. The zero-order valence-corrected chi connectivity index (χ0v) is 13.1. The first-order chi connectivity index (χ1) is 9.42. The summed E-state index contributed by atoms with van der Waals surface area (Å²) in [7, 11) is -3.02. The highest BCUT2D eigenvalue weighted by Gasteiger charge is 2.30. The summed E-state index contributed by atoms with van der Waals surface area (Å²) in [6.07, 6.45) is 0. The fourth-order valence-corrected chi connectivity index (χ4v) is 4.13. The van der Waals surface area contributed by atoms with Crippen LogP contribution < -0.4 is 10.6 Å². The molecule has 0 bridgehead atoms. The van der Waals surface area contributed by atoms with Gasteiger partial charge in [-0.15, -0.1) is 0 Å². The lowest BCUT2D eigenvalue weighted by atomic mass is 9.99. The van der Waals surface area contributed by atoms with Gasteiger partial charge in [0.2, 0.25) is 0 Å². The zero-order chi connectivity index (χ0) is 14.6. The van der Waals surface area contributed by atoms with Crippen LogP contribution in [0.4, 0.5) is 0 Å². The third kappa shape index (κ3) is 3.59. The minimum Gasteiger partial charge on any atom is -0.322 e. The van der Waals surface area contributed by atoms with Crippen LogP contribution in [0.2, 0.25) is 0 Å². The van der Waals surface area contributed by atoms with E-state index in [0.29, 0.717) is 6.61 Å². The Labute approximate surface area is 121 Å². The minimum atomic E-state index is -3.02. The molecule has 0 aliphatic heterocycles. The van der Waals surface area contributed by atoms with E-state index >= 15 is 0 Å². The quantitative estimate of drug-likeness (QED) is 0.795. The predicted molar refractivity (Wildman–Crippen MR) is 85.2 cm³/mol. The van der Waals surface area contributed by atoms with Crippen LogP contribution in [0.5, 0.6) is 0 Å². The Kier molecular flexibility index (Phi) is 4.47. The molecule has 20 heavy (non-hydrogen) atoms. The van der Waals surface area contributed by atoms with Crippen molar-refractivity contribution in [3.8, 4) is 0 Å². The molecular weight excluding hydrogens is 267 g/mol. The molecular formula is C17H21O2P. The first-order valence-electron chi connectivity index (χ1n) is 6.78. The lowest BCUT2D eigenvalue weighted by Gasteiger charge is -2.25. The van der Waals surface area contributed by atoms with Crippen LogP contribution in [0.15, 0.2) is 60.7 Å². The average Bonchev–Trinajstić information content (AvgIpc) is 2.46. The normalized spacial score (nSPS) is 12.3. The summed E-state index contributed by atoms with van der Waals surface area (Å²) in [6, 6.07) is 18.9. The predicted octanol–water partition coefficient (Wildman–Crippen LogP) is 3.98. The van der Waals surface area contributed by atoms with Gasteiger partial charge in [0.05, 0.1) is 6.61 Å². The molecule has 0 unspecified atom stereocenters. The van der Waals surface area contributed by atoms with Gasteiger partial charge in [-0.1, -0.05) is 57.2 Å². The molecule has 0 aliphatic carbocycles. The van der Waals surface area contributed by atoms with Crippen molar-refractivity contribution in [2.75, 3.05) is 6.61 Å². The van der Waals surface area contributed by atoms with Crippen molar-refractivity contribution in [2.24, 2.45) is 5.41 Å². The van der Waals surface area contributed by atoms with Gasteiger partial charge in [0.25, 0.3) is 7.37 Å². The van der Waals surface area contributed by atoms with Crippen LogP contribution >= 0.6 is 7.37 Å². The fraction of sp³-hybridized carbons (Fsp3) is 0.294. The van der Waals surface area contributed by atoms with E-state index in [1.54, 1.807) is 0 Å². The van der Waals surface area contributed by atoms with Gasteiger partial charge in [0, 0.05) is 10.6 Å². The van der Waals surface area contributed by atoms with E-state index in [1.807, 2.05) is 60.7 Å². The van der Waals surface area contributed by atoms with Crippen LogP contribution in [0.1, 0.15) is 20.8 Å². The third-order valence-electron chi connectivity index (χ3n) is 2.87. The van der Waals surface area contributed by atoms with E-state index < -0.39 is 7.37 Å². The van der Waals surface area contributed by atoms with Crippen LogP contribution in [0, 0.1) is 5.41 Å². The summed E-state index contributed by atoms with van der Waals surface area (Å²) in [4.78, 5) is 0. The van der Waals surface area contributed by atoms with Gasteiger partial charge in [-0.25, -0.2) is 0 Å². The number of benzene rings is 2. The topological polar surface area (TPSA) is 26.3 Å². The standard InChI is InChI=1S/C17H21O2P/c1-17(2,3)14-19-20(18,15-10-6-4-7-11-15)16-12-8-5-9-13-16/h4-13H,14H2,1-3H3. The van der Waals surface area contributed by atoms with E-state index in [9.17, 15) is 4.57 Å². The highest BCUT2D eigenvalue weighted by atomic mass is 31.2.